The molecule has 7 nitrogen and oxygen atoms in total. The fourth-order valence-electron chi connectivity index (χ4n) is 1.44. The minimum absolute atomic E-state index is 0.106. The van der Waals surface area contributed by atoms with E-state index in [0.29, 0.717) is 18.7 Å². The van der Waals surface area contributed by atoms with Crippen LogP contribution in [-0.4, -0.2) is 43.7 Å². The Morgan fingerprint density at radius 2 is 1.64 bits per heavy atom. The van der Waals surface area contributed by atoms with E-state index in [9.17, 15) is 4.79 Å². The van der Waals surface area contributed by atoms with Gasteiger partial charge in [0.15, 0.2) is 0 Å². The zero-order valence-electron chi connectivity index (χ0n) is 13.2. The summed E-state index contributed by atoms with van der Waals surface area (Å²) in [6, 6.07) is 7.61. The number of esters is 1. The number of ether oxygens (including phenoxy) is 1. The van der Waals surface area contributed by atoms with E-state index in [1.54, 1.807) is 0 Å². The van der Waals surface area contributed by atoms with Crippen molar-refractivity contribution in [2.45, 2.75) is 26.2 Å². The Morgan fingerprint density at radius 1 is 1.18 bits per heavy atom. The molecule has 0 radical (unpaired) electrons. The Kier molecular flexibility index (Phi) is 8.25. The molecule has 0 unspecified atom stereocenters. The third kappa shape index (κ3) is 10.3. The molecule has 126 valence electrons. The second-order valence-corrected chi connectivity index (χ2v) is 6.41. The Morgan fingerprint density at radius 3 is 2.00 bits per heavy atom. The molecule has 3 N–H and O–H groups in total. The lowest BCUT2D eigenvalue weighted by Crippen LogP contribution is -2.17. The molecule has 22 heavy (non-hydrogen) atoms. The predicted molar refractivity (Wildman–Crippen MR) is 83.5 cm³/mol. The normalized spacial score (nSPS) is 11.4. The van der Waals surface area contributed by atoms with Crippen molar-refractivity contribution in [1.82, 2.24) is 5.32 Å². The van der Waals surface area contributed by atoms with E-state index in [0.717, 1.165) is 0 Å². The van der Waals surface area contributed by atoms with Crippen LogP contribution in [0.1, 0.15) is 36.7 Å². The Labute approximate surface area is 131 Å². The highest BCUT2D eigenvalue weighted by molar-refractivity contribution is 7.79. The highest BCUT2D eigenvalue weighted by Gasteiger charge is 2.14. The number of benzene rings is 1. The van der Waals surface area contributed by atoms with Gasteiger partial charge in [0.2, 0.25) is 0 Å². The first-order valence-corrected chi connectivity index (χ1v) is 7.97. The molecule has 0 amide bonds. The standard InChI is InChI=1S/C14H21NO2.H2O4S/c1-14(2,3)12-7-5-11(6-8-12)13(16)17-10-9-15-4;1-5(2,3)4/h5-8,15H,9-10H2,1-4H3;(H2,1,2,3,4). The zero-order chi connectivity index (χ0) is 17.4. The number of likely N-dealkylation sites (N-methyl/N-ethyl adjacent to an activating group) is 1. The molecular weight excluding hydrogens is 310 g/mol. The highest BCUT2D eigenvalue weighted by atomic mass is 32.3. The third-order valence-electron chi connectivity index (χ3n) is 2.57. The molecule has 0 spiro atoms. The molecule has 0 fully saturated rings. The average molecular weight is 333 g/mol. The van der Waals surface area contributed by atoms with Crippen LogP contribution in [0.15, 0.2) is 24.3 Å². The number of rotatable bonds is 4. The number of hydrogen-bond acceptors (Lipinski definition) is 5. The van der Waals surface area contributed by atoms with Crippen LogP contribution < -0.4 is 5.32 Å². The first-order chi connectivity index (χ1) is 9.95. The summed E-state index contributed by atoms with van der Waals surface area (Å²) in [5.41, 5.74) is 1.92. The number of carbonyl (C=O) groups excluding carboxylic acids is 1. The Balaban J connectivity index is 0.000000763. The van der Waals surface area contributed by atoms with Crippen LogP contribution in [0, 0.1) is 0 Å². The highest BCUT2D eigenvalue weighted by Crippen LogP contribution is 2.22. The molecule has 0 aromatic heterocycles. The minimum atomic E-state index is -4.67. The molecule has 8 heteroatoms. The van der Waals surface area contributed by atoms with Gasteiger partial charge in [-0.1, -0.05) is 32.9 Å². The van der Waals surface area contributed by atoms with Crippen LogP contribution in [0.25, 0.3) is 0 Å². The van der Waals surface area contributed by atoms with Gasteiger partial charge in [0, 0.05) is 6.54 Å². The summed E-state index contributed by atoms with van der Waals surface area (Å²) >= 11 is 0. The van der Waals surface area contributed by atoms with E-state index >= 15 is 0 Å². The minimum Gasteiger partial charge on any atom is -0.461 e. The van der Waals surface area contributed by atoms with Gasteiger partial charge in [-0.25, -0.2) is 4.79 Å². The van der Waals surface area contributed by atoms with E-state index in [1.807, 2.05) is 31.3 Å². The van der Waals surface area contributed by atoms with E-state index in [1.165, 1.54) is 5.56 Å². The van der Waals surface area contributed by atoms with Gasteiger partial charge in [-0.2, -0.15) is 8.42 Å². The molecule has 1 aromatic rings. The molecular formula is C14H23NO6S. The molecule has 1 rings (SSSR count). The van der Waals surface area contributed by atoms with Gasteiger partial charge in [-0.3, -0.25) is 9.11 Å². The smallest absolute Gasteiger partial charge is 0.394 e. The number of hydrogen-bond donors (Lipinski definition) is 3. The lowest BCUT2D eigenvalue weighted by atomic mass is 9.87. The average Bonchev–Trinajstić information content (AvgIpc) is 2.36. The third-order valence-corrected chi connectivity index (χ3v) is 2.57. The summed E-state index contributed by atoms with van der Waals surface area (Å²) in [5.74, 6) is -0.263. The molecule has 0 aliphatic rings. The molecule has 0 aliphatic heterocycles. The van der Waals surface area contributed by atoms with Crippen molar-refractivity contribution in [2.75, 3.05) is 20.2 Å². The van der Waals surface area contributed by atoms with Crippen molar-refractivity contribution in [3.63, 3.8) is 0 Å². The second-order valence-electron chi connectivity index (χ2n) is 5.51. The van der Waals surface area contributed by atoms with Crippen molar-refractivity contribution >= 4 is 16.4 Å². The maximum atomic E-state index is 11.6. The molecule has 0 saturated carbocycles. The van der Waals surface area contributed by atoms with Gasteiger partial charge in [0.05, 0.1) is 5.56 Å². The number of carbonyl (C=O) groups is 1. The summed E-state index contributed by atoms with van der Waals surface area (Å²) in [7, 11) is -2.84. The fraction of sp³-hybridized carbons (Fsp3) is 0.500. The summed E-state index contributed by atoms with van der Waals surface area (Å²) in [6.07, 6.45) is 0. The van der Waals surface area contributed by atoms with Gasteiger partial charge in [-0.15, -0.1) is 0 Å². The summed E-state index contributed by atoms with van der Waals surface area (Å²) < 4.78 is 36.7. The second kappa shape index (κ2) is 8.84. The fourth-order valence-corrected chi connectivity index (χ4v) is 1.44. The van der Waals surface area contributed by atoms with Gasteiger partial charge in [-0.05, 0) is 30.2 Å². The maximum Gasteiger partial charge on any atom is 0.394 e. The lowest BCUT2D eigenvalue weighted by molar-refractivity contribution is 0.0510. The van der Waals surface area contributed by atoms with Crippen LogP contribution in [0.5, 0.6) is 0 Å². The quantitative estimate of drug-likeness (QED) is 0.437. The predicted octanol–water partition coefficient (Wildman–Crippen LogP) is 1.71. The van der Waals surface area contributed by atoms with Crippen molar-refractivity contribution in [3.8, 4) is 0 Å². The van der Waals surface area contributed by atoms with Crippen LogP contribution in [0.4, 0.5) is 0 Å². The number of nitrogens with one attached hydrogen (secondary N) is 1. The van der Waals surface area contributed by atoms with Crippen molar-refractivity contribution in [3.05, 3.63) is 35.4 Å². The van der Waals surface area contributed by atoms with Gasteiger partial charge in [0.25, 0.3) is 0 Å². The summed E-state index contributed by atoms with van der Waals surface area (Å²) in [6.45, 7) is 7.51. The summed E-state index contributed by atoms with van der Waals surface area (Å²) in [4.78, 5) is 11.6. The van der Waals surface area contributed by atoms with Gasteiger partial charge >= 0.3 is 16.4 Å². The van der Waals surface area contributed by atoms with Crippen molar-refractivity contribution in [1.29, 1.82) is 0 Å². The van der Waals surface area contributed by atoms with Crippen LogP contribution in [0.3, 0.4) is 0 Å². The van der Waals surface area contributed by atoms with Crippen LogP contribution in [0.2, 0.25) is 0 Å². The topological polar surface area (TPSA) is 113 Å². The molecule has 0 atom stereocenters. The first-order valence-electron chi connectivity index (χ1n) is 6.57. The molecule has 0 heterocycles. The molecule has 1 aromatic carbocycles. The SMILES string of the molecule is CNCCOC(=O)c1ccc(C(C)(C)C)cc1.O=S(=O)(O)O. The Bertz CT molecular complexity index is 552. The van der Waals surface area contributed by atoms with Crippen molar-refractivity contribution in [2.24, 2.45) is 0 Å². The largest absolute Gasteiger partial charge is 0.461 e. The van der Waals surface area contributed by atoms with E-state index < -0.39 is 10.4 Å². The molecule has 0 bridgehead atoms. The lowest BCUT2D eigenvalue weighted by Gasteiger charge is -2.18. The zero-order valence-corrected chi connectivity index (χ0v) is 14.0. The maximum absolute atomic E-state index is 11.6. The molecule has 0 aliphatic carbocycles. The van der Waals surface area contributed by atoms with Crippen molar-refractivity contribution < 1.29 is 27.1 Å². The van der Waals surface area contributed by atoms with E-state index in [-0.39, 0.29) is 11.4 Å². The van der Waals surface area contributed by atoms with Gasteiger partial charge < -0.3 is 10.1 Å². The molecule has 0 saturated heterocycles. The van der Waals surface area contributed by atoms with E-state index in [4.69, 9.17) is 22.3 Å². The van der Waals surface area contributed by atoms with Crippen LogP contribution >= 0.6 is 0 Å². The van der Waals surface area contributed by atoms with Crippen LogP contribution in [-0.2, 0) is 20.6 Å². The summed E-state index contributed by atoms with van der Waals surface area (Å²) in [5, 5.41) is 2.93. The monoisotopic (exact) mass is 333 g/mol. The van der Waals surface area contributed by atoms with E-state index in [2.05, 4.69) is 26.1 Å². The van der Waals surface area contributed by atoms with Gasteiger partial charge in [0.1, 0.15) is 6.61 Å². The first kappa shape index (κ1) is 20.5. The Hall–Kier alpha value is -1.48.